The van der Waals surface area contributed by atoms with Crippen molar-refractivity contribution < 1.29 is 9.53 Å². The summed E-state index contributed by atoms with van der Waals surface area (Å²) in [6.07, 6.45) is 9.45. The number of tetrazole rings is 1. The molecule has 0 saturated heterocycles. The molecule has 4 fully saturated rings. The molecule has 4 saturated carbocycles. The number of carbonyl (C=O) groups excluding carboxylic acids is 1. The highest BCUT2D eigenvalue weighted by atomic mass is 16.5. The zero-order valence-corrected chi connectivity index (χ0v) is 14.8. The summed E-state index contributed by atoms with van der Waals surface area (Å²) in [6.45, 7) is 0. The molecule has 1 N–H and O–H groups in total. The number of methoxy groups -OCH3 is 1. The third kappa shape index (κ3) is 2.39. The maximum absolute atomic E-state index is 12.9. The van der Waals surface area contributed by atoms with Crippen LogP contribution in [0, 0.1) is 11.8 Å². The molecule has 8 nitrogen and oxygen atoms in total. The van der Waals surface area contributed by atoms with E-state index in [1.54, 1.807) is 30.2 Å². The molecule has 2 aromatic rings. The zero-order chi connectivity index (χ0) is 17.8. The Morgan fingerprint density at radius 2 is 2.08 bits per heavy atom. The molecular formula is C18H22N6O2. The van der Waals surface area contributed by atoms with E-state index in [9.17, 15) is 4.79 Å². The predicted octanol–water partition coefficient (Wildman–Crippen LogP) is 1.55. The van der Waals surface area contributed by atoms with Crippen molar-refractivity contribution >= 4 is 5.91 Å². The van der Waals surface area contributed by atoms with Gasteiger partial charge in [-0.2, -0.15) is 4.80 Å². The van der Waals surface area contributed by atoms with Crippen molar-refractivity contribution in [2.45, 2.75) is 49.6 Å². The number of rotatable bonds is 4. The van der Waals surface area contributed by atoms with Crippen molar-refractivity contribution in [3.8, 4) is 5.88 Å². The average Bonchev–Trinajstić information content (AvgIpc) is 3.16. The summed E-state index contributed by atoms with van der Waals surface area (Å²) in [5, 5.41) is 15.8. The number of nitrogens with one attached hydrogen (secondary N) is 1. The predicted molar refractivity (Wildman–Crippen MR) is 91.5 cm³/mol. The first-order valence-corrected chi connectivity index (χ1v) is 9.16. The standard InChI is InChI=1S/C18H22N6O2/c1-26-15-3-2-14(9-19-15)16(25)22-17-5-12-4-13(6-17)8-18(7-12,10-17)24-21-11-20-23-24/h2-3,9,11-13H,4-8,10H2,1H3,(H,22,25). The van der Waals surface area contributed by atoms with Crippen LogP contribution in [0.15, 0.2) is 24.7 Å². The van der Waals surface area contributed by atoms with Crippen LogP contribution in [0.2, 0.25) is 0 Å². The lowest BCUT2D eigenvalue weighted by Gasteiger charge is -2.61. The van der Waals surface area contributed by atoms with Crippen LogP contribution in [0.1, 0.15) is 48.9 Å². The molecule has 2 aromatic heterocycles. The van der Waals surface area contributed by atoms with Crippen molar-refractivity contribution in [1.29, 1.82) is 0 Å². The minimum atomic E-state index is -0.186. The van der Waals surface area contributed by atoms with Gasteiger partial charge in [0.1, 0.15) is 0 Å². The van der Waals surface area contributed by atoms with Gasteiger partial charge in [0.25, 0.3) is 5.91 Å². The first kappa shape index (κ1) is 15.7. The lowest BCUT2D eigenvalue weighted by Crippen LogP contribution is -2.66. The maximum atomic E-state index is 12.9. The maximum Gasteiger partial charge on any atom is 0.253 e. The van der Waals surface area contributed by atoms with Crippen LogP contribution < -0.4 is 10.1 Å². The number of hydrogen-bond donors (Lipinski definition) is 1. The van der Waals surface area contributed by atoms with E-state index < -0.39 is 0 Å². The molecule has 2 atom stereocenters. The fraction of sp³-hybridized carbons (Fsp3) is 0.611. The van der Waals surface area contributed by atoms with Gasteiger partial charge in [-0.05, 0) is 61.6 Å². The van der Waals surface area contributed by atoms with E-state index in [1.807, 2.05) is 0 Å². The number of hydrogen-bond acceptors (Lipinski definition) is 6. The largest absolute Gasteiger partial charge is 0.481 e. The molecule has 136 valence electrons. The molecule has 4 aliphatic carbocycles. The van der Waals surface area contributed by atoms with E-state index in [2.05, 4.69) is 25.7 Å². The van der Waals surface area contributed by atoms with Gasteiger partial charge in [-0.15, -0.1) is 10.2 Å². The van der Waals surface area contributed by atoms with E-state index >= 15 is 0 Å². The van der Waals surface area contributed by atoms with E-state index in [4.69, 9.17) is 4.74 Å². The number of carbonyl (C=O) groups is 1. The highest BCUT2D eigenvalue weighted by Gasteiger charge is 2.60. The summed E-state index contributed by atoms with van der Waals surface area (Å²) < 4.78 is 5.07. The van der Waals surface area contributed by atoms with Gasteiger partial charge in [0, 0.05) is 17.8 Å². The molecule has 2 heterocycles. The molecule has 0 spiro atoms. The fourth-order valence-electron chi connectivity index (χ4n) is 5.93. The number of aromatic nitrogens is 5. The first-order chi connectivity index (χ1) is 12.6. The molecule has 0 radical (unpaired) electrons. The summed E-state index contributed by atoms with van der Waals surface area (Å²) in [7, 11) is 1.56. The van der Waals surface area contributed by atoms with E-state index in [0.29, 0.717) is 23.3 Å². The highest BCUT2D eigenvalue weighted by molar-refractivity contribution is 5.94. The summed E-state index contributed by atoms with van der Waals surface area (Å²) in [6, 6.07) is 3.48. The van der Waals surface area contributed by atoms with Gasteiger partial charge in [-0.3, -0.25) is 4.79 Å². The Morgan fingerprint density at radius 1 is 1.27 bits per heavy atom. The smallest absolute Gasteiger partial charge is 0.253 e. The lowest BCUT2D eigenvalue weighted by atomic mass is 9.50. The van der Waals surface area contributed by atoms with Crippen molar-refractivity contribution in [2.75, 3.05) is 7.11 Å². The number of nitrogens with zero attached hydrogens (tertiary/aromatic N) is 5. The van der Waals surface area contributed by atoms with Crippen molar-refractivity contribution in [1.82, 2.24) is 30.5 Å². The van der Waals surface area contributed by atoms with Crippen molar-refractivity contribution in [3.05, 3.63) is 30.2 Å². The number of amides is 1. The second kappa shape index (κ2) is 5.49. The molecule has 8 heteroatoms. The Morgan fingerprint density at radius 3 is 2.69 bits per heavy atom. The third-order valence-corrected chi connectivity index (χ3v) is 6.39. The average molecular weight is 354 g/mol. The van der Waals surface area contributed by atoms with Crippen LogP contribution in [0.4, 0.5) is 0 Å². The van der Waals surface area contributed by atoms with Crippen LogP contribution in [0.25, 0.3) is 0 Å². The number of pyridine rings is 1. The van der Waals surface area contributed by atoms with Gasteiger partial charge in [-0.1, -0.05) is 0 Å². The highest BCUT2D eigenvalue weighted by Crippen LogP contribution is 2.60. The van der Waals surface area contributed by atoms with Crippen LogP contribution in [-0.2, 0) is 5.54 Å². The Bertz CT molecular complexity index is 805. The molecule has 0 aromatic carbocycles. The van der Waals surface area contributed by atoms with Gasteiger partial charge >= 0.3 is 0 Å². The molecule has 1 amide bonds. The van der Waals surface area contributed by atoms with Gasteiger partial charge in [0.15, 0.2) is 6.33 Å². The lowest BCUT2D eigenvalue weighted by molar-refractivity contribution is -0.0810. The second-order valence-electron chi connectivity index (χ2n) is 8.23. The molecule has 26 heavy (non-hydrogen) atoms. The molecule has 4 aliphatic rings. The second-order valence-corrected chi connectivity index (χ2v) is 8.23. The normalized spacial score (nSPS) is 34.7. The summed E-state index contributed by atoms with van der Waals surface area (Å²) >= 11 is 0. The zero-order valence-electron chi connectivity index (χ0n) is 14.8. The number of ether oxygens (including phenoxy) is 1. The third-order valence-electron chi connectivity index (χ3n) is 6.39. The fourth-order valence-corrected chi connectivity index (χ4v) is 5.93. The minimum Gasteiger partial charge on any atom is -0.481 e. The van der Waals surface area contributed by atoms with Crippen LogP contribution in [0.5, 0.6) is 5.88 Å². The van der Waals surface area contributed by atoms with Crippen molar-refractivity contribution in [3.63, 3.8) is 0 Å². The van der Waals surface area contributed by atoms with Gasteiger partial charge < -0.3 is 10.1 Å². The van der Waals surface area contributed by atoms with E-state index in [0.717, 1.165) is 32.1 Å². The molecule has 4 bridgehead atoms. The summed E-state index contributed by atoms with van der Waals surface area (Å²) in [5.74, 6) is 1.66. The molecular weight excluding hydrogens is 332 g/mol. The molecule has 6 rings (SSSR count). The topological polar surface area (TPSA) is 94.8 Å². The summed E-state index contributed by atoms with van der Waals surface area (Å²) in [5.41, 5.74) is 0.273. The van der Waals surface area contributed by atoms with Crippen LogP contribution in [-0.4, -0.2) is 43.7 Å². The monoisotopic (exact) mass is 354 g/mol. The Kier molecular flexibility index (Phi) is 3.32. The Labute approximate surface area is 151 Å². The van der Waals surface area contributed by atoms with Crippen molar-refractivity contribution in [2.24, 2.45) is 11.8 Å². The van der Waals surface area contributed by atoms with Gasteiger partial charge in [0.05, 0.1) is 18.2 Å². The first-order valence-electron chi connectivity index (χ1n) is 9.16. The van der Waals surface area contributed by atoms with E-state index in [1.165, 1.54) is 12.7 Å². The Balaban J connectivity index is 1.42. The SMILES string of the molecule is COc1ccc(C(=O)NC23CC4CC(C2)CC(n2ncnn2)(C4)C3)cn1. The van der Waals surface area contributed by atoms with Crippen LogP contribution in [0.3, 0.4) is 0 Å². The molecule has 0 aliphatic heterocycles. The van der Waals surface area contributed by atoms with Gasteiger partial charge in [-0.25, -0.2) is 4.98 Å². The van der Waals surface area contributed by atoms with Gasteiger partial charge in [0.2, 0.25) is 5.88 Å². The molecule has 2 unspecified atom stereocenters. The summed E-state index contributed by atoms with van der Waals surface area (Å²) in [4.78, 5) is 18.8. The van der Waals surface area contributed by atoms with E-state index in [-0.39, 0.29) is 17.0 Å². The van der Waals surface area contributed by atoms with Crippen LogP contribution >= 0.6 is 0 Å². The minimum absolute atomic E-state index is 0.0659. The quantitative estimate of drug-likeness (QED) is 0.895. The Hall–Kier alpha value is -2.51.